The van der Waals surface area contributed by atoms with Gasteiger partial charge in [0.05, 0.1) is 10.6 Å². The van der Waals surface area contributed by atoms with Crippen molar-refractivity contribution in [3.8, 4) is 0 Å². The van der Waals surface area contributed by atoms with Gasteiger partial charge in [-0.15, -0.1) is 0 Å². The first-order valence-corrected chi connectivity index (χ1v) is 7.07. The van der Waals surface area contributed by atoms with Crippen molar-refractivity contribution in [1.29, 1.82) is 0 Å². The van der Waals surface area contributed by atoms with E-state index in [0.717, 1.165) is 25.9 Å². The number of aromatic nitrogens is 1. The highest BCUT2D eigenvalue weighted by molar-refractivity contribution is 6.33. The Bertz CT molecular complexity index is 474. The number of piperidine rings is 1. The lowest BCUT2D eigenvalue weighted by atomic mass is 9.97. The lowest BCUT2D eigenvalue weighted by Crippen LogP contribution is -2.36. The molecule has 110 valence electrons. The quantitative estimate of drug-likeness (QED) is 0.572. The predicted octanol–water partition coefficient (Wildman–Crippen LogP) is 1.09. The Labute approximate surface area is 123 Å². The van der Waals surface area contributed by atoms with Crippen LogP contribution in [0.15, 0.2) is 12.3 Å². The van der Waals surface area contributed by atoms with E-state index in [1.807, 2.05) is 0 Å². The number of carbonyl (C=O) groups excluding carboxylic acids is 1. The molecule has 4 N–H and O–H groups in total. The maximum atomic E-state index is 12.0. The fourth-order valence-electron chi connectivity index (χ4n) is 2.27. The second kappa shape index (κ2) is 6.88. The van der Waals surface area contributed by atoms with Gasteiger partial charge in [0.2, 0.25) is 0 Å². The van der Waals surface area contributed by atoms with Crippen LogP contribution in [0.1, 0.15) is 23.2 Å². The van der Waals surface area contributed by atoms with Crippen molar-refractivity contribution in [3.05, 3.63) is 22.8 Å². The normalized spacial score (nSPS) is 16.9. The minimum absolute atomic E-state index is 0.151. The number of pyridine rings is 1. The molecule has 0 radical (unpaired) electrons. The molecule has 2 rings (SSSR count). The molecule has 7 heteroatoms. The minimum atomic E-state index is -0.151. The summed E-state index contributed by atoms with van der Waals surface area (Å²) >= 11 is 5.95. The third-order valence-electron chi connectivity index (χ3n) is 3.63. The van der Waals surface area contributed by atoms with Crippen LogP contribution < -0.4 is 16.6 Å². The molecule has 0 spiro atoms. The molecule has 1 amide bonds. The van der Waals surface area contributed by atoms with Crippen LogP contribution in [0.5, 0.6) is 0 Å². The number of likely N-dealkylation sites (tertiary alicyclic amines) is 1. The van der Waals surface area contributed by atoms with Gasteiger partial charge < -0.3 is 15.6 Å². The SMILES string of the molecule is CN1CCC(CNC(=O)c2cnc(NN)c(Cl)c2)CC1. The van der Waals surface area contributed by atoms with Gasteiger partial charge in [-0.1, -0.05) is 11.6 Å². The first-order valence-electron chi connectivity index (χ1n) is 6.69. The van der Waals surface area contributed by atoms with Crippen LogP contribution >= 0.6 is 11.6 Å². The fourth-order valence-corrected chi connectivity index (χ4v) is 2.49. The van der Waals surface area contributed by atoms with E-state index >= 15 is 0 Å². The Morgan fingerprint density at radius 3 is 2.85 bits per heavy atom. The summed E-state index contributed by atoms with van der Waals surface area (Å²) in [5.74, 6) is 6.00. The summed E-state index contributed by atoms with van der Waals surface area (Å²) in [4.78, 5) is 18.3. The van der Waals surface area contributed by atoms with E-state index < -0.39 is 0 Å². The van der Waals surface area contributed by atoms with Crippen LogP contribution in [-0.2, 0) is 0 Å². The summed E-state index contributed by atoms with van der Waals surface area (Å²) in [6.07, 6.45) is 3.70. The molecule has 20 heavy (non-hydrogen) atoms. The summed E-state index contributed by atoms with van der Waals surface area (Å²) in [5, 5.41) is 3.27. The van der Waals surface area contributed by atoms with E-state index in [1.165, 1.54) is 6.20 Å². The Morgan fingerprint density at radius 2 is 2.25 bits per heavy atom. The molecule has 1 aliphatic rings. The number of hydrogen-bond donors (Lipinski definition) is 3. The molecule has 0 unspecified atom stereocenters. The van der Waals surface area contributed by atoms with Gasteiger partial charge in [0, 0.05) is 12.7 Å². The molecule has 0 atom stereocenters. The Morgan fingerprint density at radius 1 is 1.55 bits per heavy atom. The third-order valence-corrected chi connectivity index (χ3v) is 3.92. The van der Waals surface area contributed by atoms with Gasteiger partial charge in [-0.05, 0) is 45.0 Å². The van der Waals surface area contributed by atoms with Crippen molar-refractivity contribution in [2.45, 2.75) is 12.8 Å². The molecule has 0 saturated carbocycles. The van der Waals surface area contributed by atoms with E-state index in [-0.39, 0.29) is 5.91 Å². The lowest BCUT2D eigenvalue weighted by Gasteiger charge is -2.28. The van der Waals surface area contributed by atoms with Gasteiger partial charge in [-0.3, -0.25) is 4.79 Å². The van der Waals surface area contributed by atoms with Gasteiger partial charge in [0.25, 0.3) is 5.91 Å². The lowest BCUT2D eigenvalue weighted by molar-refractivity contribution is 0.0938. The number of hydrogen-bond acceptors (Lipinski definition) is 5. The zero-order valence-corrected chi connectivity index (χ0v) is 12.3. The van der Waals surface area contributed by atoms with Gasteiger partial charge in [0.15, 0.2) is 5.82 Å². The highest BCUT2D eigenvalue weighted by Crippen LogP contribution is 2.19. The molecule has 2 heterocycles. The molecular formula is C13H20ClN5O. The van der Waals surface area contributed by atoms with Crippen molar-refractivity contribution >= 4 is 23.3 Å². The average Bonchev–Trinajstić information content (AvgIpc) is 2.46. The molecule has 0 aromatic carbocycles. The molecule has 1 aromatic rings. The molecule has 0 aliphatic carbocycles. The number of hydrazine groups is 1. The van der Waals surface area contributed by atoms with Crippen LogP contribution in [0.4, 0.5) is 5.82 Å². The number of halogens is 1. The summed E-state index contributed by atoms with van der Waals surface area (Å²) in [7, 11) is 2.12. The number of carbonyl (C=O) groups is 1. The number of nitrogens with zero attached hydrogens (tertiary/aromatic N) is 2. The second-order valence-electron chi connectivity index (χ2n) is 5.16. The zero-order chi connectivity index (χ0) is 14.5. The van der Waals surface area contributed by atoms with Crippen LogP contribution in [0.3, 0.4) is 0 Å². The monoisotopic (exact) mass is 297 g/mol. The number of anilines is 1. The highest BCUT2D eigenvalue weighted by Gasteiger charge is 2.18. The Hall–Kier alpha value is -1.37. The van der Waals surface area contributed by atoms with Gasteiger partial charge in [0.1, 0.15) is 0 Å². The van der Waals surface area contributed by atoms with E-state index in [0.29, 0.717) is 28.9 Å². The van der Waals surface area contributed by atoms with E-state index in [2.05, 4.69) is 27.7 Å². The zero-order valence-electron chi connectivity index (χ0n) is 11.5. The van der Waals surface area contributed by atoms with Crippen LogP contribution in [0, 0.1) is 5.92 Å². The third kappa shape index (κ3) is 3.82. The average molecular weight is 298 g/mol. The fraction of sp³-hybridized carbons (Fsp3) is 0.538. The van der Waals surface area contributed by atoms with Gasteiger partial charge >= 0.3 is 0 Å². The Balaban J connectivity index is 1.87. The predicted molar refractivity (Wildman–Crippen MR) is 79.6 cm³/mol. The molecule has 0 bridgehead atoms. The van der Waals surface area contributed by atoms with Crippen LogP contribution in [0.25, 0.3) is 0 Å². The maximum Gasteiger partial charge on any atom is 0.252 e. The van der Waals surface area contributed by atoms with E-state index in [9.17, 15) is 4.79 Å². The first-order chi connectivity index (χ1) is 9.60. The van der Waals surface area contributed by atoms with Crippen molar-refractivity contribution < 1.29 is 4.79 Å². The standard InChI is InChI=1S/C13H20ClN5O/c1-19-4-2-9(3-5-19)7-17-13(20)10-6-11(14)12(18-15)16-8-10/h6,8-9H,2-5,7,15H2,1H3,(H,16,18)(H,17,20). The highest BCUT2D eigenvalue weighted by atomic mass is 35.5. The largest absolute Gasteiger partial charge is 0.352 e. The number of nitrogens with two attached hydrogens (primary N) is 1. The number of nitrogens with one attached hydrogen (secondary N) is 2. The second-order valence-corrected chi connectivity index (χ2v) is 5.56. The van der Waals surface area contributed by atoms with Crippen LogP contribution in [-0.4, -0.2) is 42.5 Å². The first kappa shape index (κ1) is 15.0. The molecule has 1 saturated heterocycles. The van der Waals surface area contributed by atoms with Gasteiger partial charge in [-0.2, -0.15) is 0 Å². The smallest absolute Gasteiger partial charge is 0.252 e. The molecular weight excluding hydrogens is 278 g/mol. The molecule has 1 fully saturated rings. The number of rotatable bonds is 4. The Kier molecular flexibility index (Phi) is 5.17. The van der Waals surface area contributed by atoms with Crippen LogP contribution in [0.2, 0.25) is 5.02 Å². The minimum Gasteiger partial charge on any atom is -0.352 e. The van der Waals surface area contributed by atoms with Crippen molar-refractivity contribution in [2.24, 2.45) is 11.8 Å². The van der Waals surface area contributed by atoms with E-state index in [4.69, 9.17) is 17.4 Å². The summed E-state index contributed by atoms with van der Waals surface area (Å²) in [6, 6.07) is 1.56. The topological polar surface area (TPSA) is 83.3 Å². The number of amides is 1. The molecule has 1 aromatic heterocycles. The molecule has 6 nitrogen and oxygen atoms in total. The molecule has 1 aliphatic heterocycles. The van der Waals surface area contributed by atoms with E-state index in [1.54, 1.807) is 6.07 Å². The van der Waals surface area contributed by atoms with Gasteiger partial charge in [-0.25, -0.2) is 10.8 Å². The summed E-state index contributed by atoms with van der Waals surface area (Å²) < 4.78 is 0. The van der Waals surface area contributed by atoms with Crippen molar-refractivity contribution in [3.63, 3.8) is 0 Å². The van der Waals surface area contributed by atoms with Crippen molar-refractivity contribution in [1.82, 2.24) is 15.2 Å². The summed E-state index contributed by atoms with van der Waals surface area (Å²) in [5.41, 5.74) is 2.82. The van der Waals surface area contributed by atoms with Crippen molar-refractivity contribution in [2.75, 3.05) is 32.1 Å². The maximum absolute atomic E-state index is 12.0. The summed E-state index contributed by atoms with van der Waals surface area (Å²) in [6.45, 7) is 2.87. The number of nitrogen functional groups attached to an aromatic ring is 1.